The van der Waals surface area contributed by atoms with E-state index in [0.717, 1.165) is 12.0 Å². The molecule has 1 aliphatic carbocycles. The topological polar surface area (TPSA) is 42.0 Å². The maximum absolute atomic E-state index is 12.4. The Morgan fingerprint density at radius 1 is 1.12 bits per heavy atom. The van der Waals surface area contributed by atoms with Crippen LogP contribution < -0.4 is 5.32 Å². The number of carbonyl (C=O) groups is 1. The third-order valence-electron chi connectivity index (χ3n) is 4.73. The van der Waals surface area contributed by atoms with E-state index in [2.05, 4.69) is 34.6 Å². The predicted octanol–water partition coefficient (Wildman–Crippen LogP) is 4.01. The third-order valence-corrected chi connectivity index (χ3v) is 4.73. The van der Waals surface area contributed by atoms with Gasteiger partial charge in [0.2, 0.25) is 5.91 Å². The van der Waals surface area contributed by atoms with Gasteiger partial charge in [0.15, 0.2) is 0 Å². The summed E-state index contributed by atoms with van der Waals surface area (Å²) in [6.07, 6.45) is 12.8. The van der Waals surface area contributed by atoms with Gasteiger partial charge in [0.05, 0.1) is 0 Å². The zero-order valence-corrected chi connectivity index (χ0v) is 13.9. The Morgan fingerprint density at radius 2 is 1.83 bits per heavy atom. The Bertz CT molecular complexity index is 661. The second kappa shape index (κ2) is 8.44. The van der Waals surface area contributed by atoms with Crippen LogP contribution in [0.2, 0.25) is 0 Å². The van der Waals surface area contributed by atoms with Crippen molar-refractivity contribution in [3.05, 3.63) is 72.1 Å². The average Bonchev–Trinajstić information content (AvgIpc) is 3.16. The van der Waals surface area contributed by atoms with E-state index in [-0.39, 0.29) is 11.9 Å². The van der Waals surface area contributed by atoms with E-state index in [1.54, 1.807) is 18.5 Å². The summed E-state index contributed by atoms with van der Waals surface area (Å²) in [7, 11) is 0. The zero-order valence-electron chi connectivity index (χ0n) is 13.9. The number of hydrogen-bond acceptors (Lipinski definition) is 2. The number of amides is 1. The molecule has 0 spiro atoms. The molecule has 1 heterocycles. The Morgan fingerprint density at radius 3 is 2.54 bits per heavy atom. The molecule has 1 fully saturated rings. The Labute approximate surface area is 143 Å². The molecule has 0 bridgehead atoms. The molecule has 1 aliphatic rings. The Kier molecular flexibility index (Phi) is 5.78. The summed E-state index contributed by atoms with van der Waals surface area (Å²) in [6, 6.07) is 14.4. The average molecular weight is 320 g/mol. The largest absolute Gasteiger partial charge is 0.349 e. The zero-order chi connectivity index (χ0) is 16.6. The molecule has 0 aliphatic heterocycles. The van der Waals surface area contributed by atoms with E-state index >= 15 is 0 Å². The van der Waals surface area contributed by atoms with E-state index in [9.17, 15) is 4.79 Å². The molecule has 1 N–H and O–H groups in total. The minimum Gasteiger partial charge on any atom is -0.349 e. The van der Waals surface area contributed by atoms with E-state index in [0.29, 0.717) is 5.92 Å². The van der Waals surface area contributed by atoms with Crippen LogP contribution in [0.4, 0.5) is 0 Å². The number of carbonyl (C=O) groups excluding carboxylic acids is 1. The number of aromatic nitrogens is 1. The van der Waals surface area contributed by atoms with Gasteiger partial charge in [-0.25, -0.2) is 0 Å². The number of pyridine rings is 1. The number of benzene rings is 1. The molecule has 3 nitrogen and oxygen atoms in total. The molecule has 1 saturated carbocycles. The van der Waals surface area contributed by atoms with E-state index < -0.39 is 0 Å². The van der Waals surface area contributed by atoms with Crippen LogP contribution in [0.5, 0.6) is 0 Å². The van der Waals surface area contributed by atoms with Gasteiger partial charge in [0, 0.05) is 24.5 Å². The van der Waals surface area contributed by atoms with Crippen LogP contribution >= 0.6 is 0 Å². The van der Waals surface area contributed by atoms with Gasteiger partial charge in [-0.15, -0.1) is 0 Å². The molecular weight excluding hydrogens is 296 g/mol. The molecular formula is C21H24N2O. The Balaban J connectivity index is 1.64. The quantitative estimate of drug-likeness (QED) is 0.817. The lowest BCUT2D eigenvalue weighted by Gasteiger charge is -2.24. The minimum absolute atomic E-state index is 0.0142. The molecule has 1 atom stereocenters. The summed E-state index contributed by atoms with van der Waals surface area (Å²) < 4.78 is 0. The molecule has 3 heteroatoms. The Hall–Kier alpha value is -2.42. The monoisotopic (exact) mass is 320 g/mol. The van der Waals surface area contributed by atoms with Crippen LogP contribution in [0.3, 0.4) is 0 Å². The SMILES string of the molecule is O=C(/C=C/c1ccncc1)NC(Cc1ccccc1)C1CCCC1. The molecule has 1 unspecified atom stereocenters. The molecule has 24 heavy (non-hydrogen) atoms. The van der Waals surface area contributed by atoms with Gasteiger partial charge in [-0.1, -0.05) is 43.2 Å². The molecule has 1 amide bonds. The third kappa shape index (κ3) is 4.79. The van der Waals surface area contributed by atoms with E-state index in [1.807, 2.05) is 24.3 Å². The summed E-state index contributed by atoms with van der Waals surface area (Å²) in [6.45, 7) is 0. The van der Waals surface area contributed by atoms with Gasteiger partial charge in [0.25, 0.3) is 0 Å². The van der Waals surface area contributed by atoms with Crippen LogP contribution in [0.1, 0.15) is 36.8 Å². The maximum atomic E-state index is 12.4. The number of hydrogen-bond donors (Lipinski definition) is 1. The highest BCUT2D eigenvalue weighted by Crippen LogP contribution is 2.29. The molecule has 1 aromatic carbocycles. The lowest BCUT2D eigenvalue weighted by Crippen LogP contribution is -2.40. The molecule has 1 aromatic heterocycles. The van der Waals surface area contributed by atoms with Gasteiger partial charge in [-0.3, -0.25) is 9.78 Å². The van der Waals surface area contributed by atoms with Crippen molar-refractivity contribution >= 4 is 12.0 Å². The van der Waals surface area contributed by atoms with E-state index in [1.165, 1.54) is 31.2 Å². The van der Waals surface area contributed by atoms with Gasteiger partial charge < -0.3 is 5.32 Å². The molecule has 3 rings (SSSR count). The lowest BCUT2D eigenvalue weighted by molar-refractivity contribution is -0.117. The minimum atomic E-state index is -0.0142. The van der Waals surface area contributed by atoms with Gasteiger partial charge >= 0.3 is 0 Å². The van der Waals surface area contributed by atoms with Crippen molar-refractivity contribution in [2.75, 3.05) is 0 Å². The fourth-order valence-corrected chi connectivity index (χ4v) is 3.44. The van der Waals surface area contributed by atoms with Gasteiger partial charge in [-0.05, 0) is 54.5 Å². The van der Waals surface area contributed by atoms with Crippen LogP contribution in [-0.2, 0) is 11.2 Å². The number of nitrogens with one attached hydrogen (secondary N) is 1. The first kappa shape index (κ1) is 16.4. The van der Waals surface area contributed by atoms with Crippen molar-refractivity contribution in [2.24, 2.45) is 5.92 Å². The summed E-state index contributed by atoms with van der Waals surface area (Å²) in [4.78, 5) is 16.3. The van der Waals surface area contributed by atoms with Crippen LogP contribution in [0.15, 0.2) is 60.9 Å². The summed E-state index contributed by atoms with van der Waals surface area (Å²) in [5, 5.41) is 3.24. The first-order valence-corrected chi connectivity index (χ1v) is 8.74. The first-order valence-electron chi connectivity index (χ1n) is 8.74. The highest BCUT2D eigenvalue weighted by molar-refractivity contribution is 5.91. The highest BCUT2D eigenvalue weighted by atomic mass is 16.1. The van der Waals surface area contributed by atoms with Gasteiger partial charge in [0.1, 0.15) is 0 Å². The number of nitrogens with zero attached hydrogens (tertiary/aromatic N) is 1. The predicted molar refractivity (Wildman–Crippen MR) is 97.3 cm³/mol. The smallest absolute Gasteiger partial charge is 0.244 e. The standard InChI is InChI=1S/C21H24N2O/c24-21(11-10-17-12-14-22-15-13-17)23-20(19-8-4-5-9-19)16-18-6-2-1-3-7-18/h1-3,6-7,10-15,19-20H,4-5,8-9,16H2,(H,23,24)/b11-10+. The fourth-order valence-electron chi connectivity index (χ4n) is 3.44. The summed E-state index contributed by atoms with van der Waals surface area (Å²) in [5.41, 5.74) is 2.27. The van der Waals surface area contributed by atoms with Crippen LogP contribution in [-0.4, -0.2) is 16.9 Å². The van der Waals surface area contributed by atoms with Crippen molar-refractivity contribution in [1.82, 2.24) is 10.3 Å². The van der Waals surface area contributed by atoms with Crippen LogP contribution in [0.25, 0.3) is 6.08 Å². The normalized spacial score (nSPS) is 16.3. The fraction of sp³-hybridized carbons (Fsp3) is 0.333. The summed E-state index contributed by atoms with van der Waals surface area (Å²) >= 11 is 0. The molecule has 2 aromatic rings. The summed E-state index contributed by atoms with van der Waals surface area (Å²) in [5.74, 6) is 0.572. The highest BCUT2D eigenvalue weighted by Gasteiger charge is 2.26. The second-order valence-corrected chi connectivity index (χ2v) is 6.46. The van der Waals surface area contributed by atoms with E-state index in [4.69, 9.17) is 0 Å². The first-order chi connectivity index (χ1) is 11.8. The van der Waals surface area contributed by atoms with Crippen molar-refractivity contribution in [3.8, 4) is 0 Å². The van der Waals surface area contributed by atoms with Crippen molar-refractivity contribution < 1.29 is 4.79 Å². The maximum Gasteiger partial charge on any atom is 0.244 e. The van der Waals surface area contributed by atoms with Crippen molar-refractivity contribution in [1.29, 1.82) is 0 Å². The number of rotatable bonds is 6. The van der Waals surface area contributed by atoms with Crippen LogP contribution in [0, 0.1) is 5.92 Å². The molecule has 0 saturated heterocycles. The van der Waals surface area contributed by atoms with Gasteiger partial charge in [-0.2, -0.15) is 0 Å². The molecule has 124 valence electrons. The lowest BCUT2D eigenvalue weighted by atomic mass is 9.92. The molecule has 0 radical (unpaired) electrons. The van der Waals surface area contributed by atoms with Crippen molar-refractivity contribution in [2.45, 2.75) is 38.1 Å². The van der Waals surface area contributed by atoms with Crippen molar-refractivity contribution in [3.63, 3.8) is 0 Å². The second-order valence-electron chi connectivity index (χ2n) is 6.46.